The molecule has 4 unspecified atom stereocenters. The molecule has 1 aromatic rings. The molecule has 4 rings (SSSR count). The zero-order valence-corrected chi connectivity index (χ0v) is 10.6. The van der Waals surface area contributed by atoms with Crippen LogP contribution in [-0.4, -0.2) is 33.6 Å². The summed E-state index contributed by atoms with van der Waals surface area (Å²) in [4.78, 5) is 13.8. The average molecular weight is 261 g/mol. The molecule has 1 N–H and O–H groups in total. The highest BCUT2D eigenvalue weighted by Gasteiger charge is 2.73. The Bertz CT molecular complexity index is 544. The number of hydrogen-bond acceptors (Lipinski definition) is 2. The number of carbonyl (C=O) groups excluding carboxylic acids is 1. The predicted molar refractivity (Wildman–Crippen MR) is 67.0 cm³/mol. The highest BCUT2D eigenvalue weighted by molar-refractivity contribution is 5.89. The second kappa shape index (κ2) is 3.57. The van der Waals surface area contributed by atoms with Gasteiger partial charge in [0.25, 0.3) is 5.91 Å². The van der Waals surface area contributed by atoms with E-state index in [1.165, 1.54) is 12.1 Å². The van der Waals surface area contributed by atoms with Crippen molar-refractivity contribution in [1.82, 2.24) is 4.90 Å². The van der Waals surface area contributed by atoms with Crippen LogP contribution in [0.2, 0.25) is 0 Å². The van der Waals surface area contributed by atoms with E-state index in [0.717, 1.165) is 24.8 Å². The Morgan fingerprint density at radius 1 is 1.32 bits per heavy atom. The standard InChI is InChI=1S/C15H16FNO2/c16-10-5-3-9(4-6-10)11-2-1-7-15(11)13-8-12(18)14(19)17(13)15/h3-6,11-13,18H,1-2,7-8H2. The number of hydrogen-bond donors (Lipinski definition) is 1. The van der Waals surface area contributed by atoms with Crippen LogP contribution in [0, 0.1) is 5.82 Å². The molecule has 3 aliphatic rings. The van der Waals surface area contributed by atoms with Gasteiger partial charge in [-0.1, -0.05) is 18.6 Å². The molecule has 1 aliphatic carbocycles. The van der Waals surface area contributed by atoms with Gasteiger partial charge in [0.15, 0.2) is 0 Å². The van der Waals surface area contributed by atoms with E-state index in [2.05, 4.69) is 0 Å². The number of benzene rings is 1. The second-order valence-corrected chi connectivity index (χ2v) is 5.96. The molecule has 2 heterocycles. The van der Waals surface area contributed by atoms with Crippen molar-refractivity contribution in [2.24, 2.45) is 0 Å². The van der Waals surface area contributed by atoms with Gasteiger partial charge < -0.3 is 10.0 Å². The molecule has 4 heteroatoms. The molecule has 3 fully saturated rings. The lowest BCUT2D eigenvalue weighted by atomic mass is 9.83. The van der Waals surface area contributed by atoms with Crippen molar-refractivity contribution in [3.8, 4) is 0 Å². The summed E-state index contributed by atoms with van der Waals surface area (Å²) in [6.07, 6.45) is 2.92. The first-order chi connectivity index (χ1) is 9.14. The van der Waals surface area contributed by atoms with E-state index in [-0.39, 0.29) is 23.3 Å². The number of nitrogens with zero attached hydrogens (tertiary/aromatic N) is 1. The maximum atomic E-state index is 13.0. The van der Waals surface area contributed by atoms with E-state index >= 15 is 0 Å². The molecule has 2 saturated heterocycles. The normalized spacial score (nSPS) is 40.0. The first-order valence-electron chi connectivity index (χ1n) is 6.91. The van der Waals surface area contributed by atoms with E-state index in [4.69, 9.17) is 0 Å². The molecule has 1 spiro atoms. The van der Waals surface area contributed by atoms with E-state index in [0.29, 0.717) is 12.3 Å². The largest absolute Gasteiger partial charge is 0.383 e. The summed E-state index contributed by atoms with van der Waals surface area (Å²) in [7, 11) is 0. The number of carbonyl (C=O) groups is 1. The molecule has 3 nitrogen and oxygen atoms in total. The monoisotopic (exact) mass is 261 g/mol. The summed E-state index contributed by atoms with van der Waals surface area (Å²) in [6.45, 7) is 0. The van der Waals surface area contributed by atoms with E-state index < -0.39 is 6.10 Å². The Balaban J connectivity index is 1.68. The summed E-state index contributed by atoms with van der Waals surface area (Å²) in [5.41, 5.74) is 1.05. The molecule has 1 saturated carbocycles. The van der Waals surface area contributed by atoms with Gasteiger partial charge in [0.2, 0.25) is 0 Å². The Morgan fingerprint density at radius 2 is 2.05 bits per heavy atom. The third-order valence-corrected chi connectivity index (χ3v) is 5.18. The summed E-state index contributed by atoms with van der Waals surface area (Å²) < 4.78 is 13.0. The predicted octanol–water partition coefficient (Wildman–Crippen LogP) is 1.81. The number of rotatable bonds is 1. The van der Waals surface area contributed by atoms with Crippen molar-refractivity contribution in [3.63, 3.8) is 0 Å². The SMILES string of the molecule is O=C1C(O)CC2N1C21CCCC1c1ccc(F)cc1. The lowest BCUT2D eigenvalue weighted by Gasteiger charge is -2.23. The molecule has 0 aromatic heterocycles. The van der Waals surface area contributed by atoms with Gasteiger partial charge in [-0.2, -0.15) is 0 Å². The summed E-state index contributed by atoms with van der Waals surface area (Å²) in [5.74, 6) is -0.0350. The summed E-state index contributed by atoms with van der Waals surface area (Å²) in [6, 6.07) is 6.86. The second-order valence-electron chi connectivity index (χ2n) is 5.96. The maximum Gasteiger partial charge on any atom is 0.252 e. The fourth-order valence-electron chi connectivity index (χ4n) is 4.40. The van der Waals surface area contributed by atoms with E-state index in [1.807, 2.05) is 17.0 Å². The van der Waals surface area contributed by atoms with E-state index in [9.17, 15) is 14.3 Å². The zero-order valence-electron chi connectivity index (χ0n) is 10.6. The number of fused-ring (bicyclic) bond motifs is 3. The topological polar surface area (TPSA) is 40.3 Å². The van der Waals surface area contributed by atoms with Gasteiger partial charge in [-0.25, -0.2) is 4.39 Å². The van der Waals surface area contributed by atoms with Gasteiger partial charge in [-0.15, -0.1) is 0 Å². The number of piperidine rings is 1. The quantitative estimate of drug-likeness (QED) is 0.783. The van der Waals surface area contributed by atoms with Crippen LogP contribution in [0.5, 0.6) is 0 Å². The lowest BCUT2D eigenvalue weighted by Crippen LogP contribution is -2.34. The van der Waals surface area contributed by atoms with Crippen molar-refractivity contribution in [2.75, 3.05) is 0 Å². The fraction of sp³-hybridized carbons (Fsp3) is 0.533. The minimum Gasteiger partial charge on any atom is -0.383 e. The highest BCUT2D eigenvalue weighted by atomic mass is 19.1. The van der Waals surface area contributed by atoms with Crippen LogP contribution in [0.3, 0.4) is 0 Å². The van der Waals surface area contributed by atoms with Crippen molar-refractivity contribution in [3.05, 3.63) is 35.6 Å². The van der Waals surface area contributed by atoms with Crippen molar-refractivity contribution in [2.45, 2.75) is 49.3 Å². The molecule has 1 amide bonds. The van der Waals surface area contributed by atoms with Gasteiger partial charge in [0.05, 0.1) is 11.6 Å². The number of amides is 1. The molecule has 1 aromatic carbocycles. The van der Waals surface area contributed by atoms with Gasteiger partial charge >= 0.3 is 0 Å². The Hall–Kier alpha value is -1.42. The number of halogens is 1. The average Bonchev–Trinajstić information content (AvgIpc) is 2.69. The smallest absolute Gasteiger partial charge is 0.252 e. The molecule has 0 bridgehead atoms. The molecule has 2 aliphatic heterocycles. The summed E-state index contributed by atoms with van der Waals surface area (Å²) >= 11 is 0. The lowest BCUT2D eigenvalue weighted by molar-refractivity contribution is -0.133. The number of aliphatic hydroxyl groups excluding tert-OH is 1. The highest BCUT2D eigenvalue weighted by Crippen LogP contribution is 2.63. The first kappa shape index (κ1) is 11.4. The minimum absolute atomic E-state index is 0.0753. The Morgan fingerprint density at radius 3 is 2.68 bits per heavy atom. The molecule has 4 atom stereocenters. The van der Waals surface area contributed by atoms with Crippen LogP contribution in [0.4, 0.5) is 4.39 Å². The first-order valence-corrected chi connectivity index (χ1v) is 6.91. The van der Waals surface area contributed by atoms with E-state index in [1.54, 1.807) is 0 Å². The molecular formula is C15H16FNO2. The third kappa shape index (κ3) is 1.32. The molecular weight excluding hydrogens is 245 g/mol. The van der Waals surface area contributed by atoms with Crippen LogP contribution in [0.1, 0.15) is 37.2 Å². The zero-order chi connectivity index (χ0) is 13.2. The van der Waals surface area contributed by atoms with Gasteiger partial charge in [0, 0.05) is 12.3 Å². The van der Waals surface area contributed by atoms with Crippen LogP contribution in [0.25, 0.3) is 0 Å². The summed E-state index contributed by atoms with van der Waals surface area (Å²) in [5, 5.41) is 9.59. The number of aliphatic hydroxyl groups is 1. The minimum atomic E-state index is -0.801. The van der Waals surface area contributed by atoms with Gasteiger partial charge in [-0.3, -0.25) is 4.79 Å². The van der Waals surface area contributed by atoms with Crippen molar-refractivity contribution >= 4 is 5.91 Å². The van der Waals surface area contributed by atoms with Crippen molar-refractivity contribution < 1.29 is 14.3 Å². The van der Waals surface area contributed by atoms with Gasteiger partial charge in [0.1, 0.15) is 11.9 Å². The fourth-order valence-corrected chi connectivity index (χ4v) is 4.40. The van der Waals surface area contributed by atoms with Crippen LogP contribution in [-0.2, 0) is 4.79 Å². The van der Waals surface area contributed by atoms with Crippen LogP contribution in [0.15, 0.2) is 24.3 Å². The van der Waals surface area contributed by atoms with Crippen LogP contribution >= 0.6 is 0 Å². The third-order valence-electron chi connectivity index (χ3n) is 5.18. The van der Waals surface area contributed by atoms with Crippen LogP contribution < -0.4 is 0 Å². The van der Waals surface area contributed by atoms with Gasteiger partial charge in [-0.05, 0) is 30.5 Å². The Kier molecular flexibility index (Phi) is 2.14. The molecule has 0 radical (unpaired) electrons. The Labute approximate surface area is 111 Å². The van der Waals surface area contributed by atoms with Crippen molar-refractivity contribution in [1.29, 1.82) is 0 Å². The molecule has 19 heavy (non-hydrogen) atoms. The molecule has 100 valence electrons. The maximum absolute atomic E-state index is 13.0.